The summed E-state index contributed by atoms with van der Waals surface area (Å²) in [7, 11) is -1.47. The number of pyridine rings is 1. The van der Waals surface area contributed by atoms with Gasteiger partial charge in [0.05, 0.1) is 29.1 Å². The summed E-state index contributed by atoms with van der Waals surface area (Å²) in [5, 5.41) is 4.40. The number of aromatic nitrogens is 3. The van der Waals surface area contributed by atoms with Crippen LogP contribution in [-0.4, -0.2) is 41.4 Å². The van der Waals surface area contributed by atoms with E-state index < -0.39 is 9.84 Å². The average molecular weight is 360 g/mol. The number of carbonyl (C=O) groups is 1. The van der Waals surface area contributed by atoms with Crippen LogP contribution in [0.3, 0.4) is 0 Å². The first-order valence-corrected chi connectivity index (χ1v) is 10.2. The number of hydrogen-bond donors (Lipinski definition) is 0. The van der Waals surface area contributed by atoms with Gasteiger partial charge >= 0.3 is 0 Å². The summed E-state index contributed by atoms with van der Waals surface area (Å²) in [5.74, 6) is 0.283. The monoisotopic (exact) mass is 360 g/mol. The molecular weight excluding hydrogens is 340 g/mol. The molecule has 0 atom stereocenters. The number of rotatable bonds is 4. The van der Waals surface area contributed by atoms with Gasteiger partial charge in [0.15, 0.2) is 9.84 Å². The molecule has 1 saturated carbocycles. The molecule has 1 fully saturated rings. The summed E-state index contributed by atoms with van der Waals surface area (Å²) in [4.78, 5) is 19.1. The van der Waals surface area contributed by atoms with Gasteiger partial charge in [0, 0.05) is 31.8 Å². The summed E-state index contributed by atoms with van der Waals surface area (Å²) in [6.45, 7) is 0.622. The first-order chi connectivity index (χ1) is 11.9. The summed E-state index contributed by atoms with van der Waals surface area (Å²) in [5.41, 5.74) is 2.39. The molecule has 2 aromatic rings. The molecule has 0 bridgehead atoms. The van der Waals surface area contributed by atoms with Crippen molar-refractivity contribution in [3.63, 3.8) is 0 Å². The smallest absolute Gasteiger partial charge is 0.276 e. The highest BCUT2D eigenvalue weighted by Gasteiger charge is 2.35. The number of carbonyl (C=O) groups excluding carboxylic acids is 1. The van der Waals surface area contributed by atoms with Crippen LogP contribution in [0.25, 0.3) is 0 Å². The van der Waals surface area contributed by atoms with Gasteiger partial charge in [0.2, 0.25) is 0 Å². The Bertz CT molecular complexity index is 917. The third-order valence-corrected chi connectivity index (χ3v) is 6.34. The van der Waals surface area contributed by atoms with Gasteiger partial charge < -0.3 is 4.90 Å². The molecule has 8 heteroatoms. The lowest BCUT2D eigenvalue weighted by Gasteiger charge is -2.23. The molecule has 1 amide bonds. The second-order valence-corrected chi connectivity index (χ2v) is 8.99. The topological polar surface area (TPSA) is 85.2 Å². The maximum absolute atomic E-state index is 13.3. The van der Waals surface area contributed by atoms with Gasteiger partial charge in [-0.3, -0.25) is 14.5 Å². The Morgan fingerprint density at radius 3 is 2.88 bits per heavy atom. The van der Waals surface area contributed by atoms with E-state index in [-0.39, 0.29) is 17.4 Å². The van der Waals surface area contributed by atoms with Gasteiger partial charge in [-0.25, -0.2) is 8.42 Å². The first-order valence-electron chi connectivity index (χ1n) is 8.41. The first kappa shape index (κ1) is 16.3. The number of aryl methyl sites for hydroxylation is 2. The van der Waals surface area contributed by atoms with Crippen LogP contribution in [0.2, 0.25) is 0 Å². The predicted octanol–water partition coefficient (Wildman–Crippen LogP) is 1.34. The lowest BCUT2D eigenvalue weighted by molar-refractivity contribution is 0.0976. The van der Waals surface area contributed by atoms with Crippen LogP contribution in [0.4, 0.5) is 5.69 Å². The minimum Gasteiger partial charge on any atom is -0.305 e. The van der Waals surface area contributed by atoms with Crippen LogP contribution < -0.4 is 4.90 Å². The molecule has 0 aromatic carbocycles. The molecule has 2 aliphatic rings. The molecule has 1 aliphatic heterocycles. The molecule has 0 radical (unpaired) electrons. The zero-order valence-electron chi connectivity index (χ0n) is 14.1. The Balaban J connectivity index is 1.75. The summed E-state index contributed by atoms with van der Waals surface area (Å²) in [6, 6.07) is 3.65. The molecule has 132 valence electrons. The van der Waals surface area contributed by atoms with Crippen molar-refractivity contribution in [2.24, 2.45) is 13.0 Å². The van der Waals surface area contributed by atoms with Crippen molar-refractivity contribution in [3.8, 4) is 0 Å². The molecule has 7 nitrogen and oxygen atoms in total. The highest BCUT2D eigenvalue weighted by molar-refractivity contribution is 7.90. The van der Waals surface area contributed by atoms with Crippen LogP contribution in [0.1, 0.15) is 34.6 Å². The minimum absolute atomic E-state index is 0.0963. The standard InChI is InChI=1S/C17H20N4O3S/c1-20-16(14-11-25(23,24)8-6-15(14)19-20)17(22)21(10-12-4-5-12)13-3-2-7-18-9-13/h2-3,7,9,12H,4-6,8,10-11H2,1H3. The number of nitrogens with zero attached hydrogens (tertiary/aromatic N) is 4. The zero-order valence-corrected chi connectivity index (χ0v) is 14.9. The summed E-state index contributed by atoms with van der Waals surface area (Å²) >= 11 is 0. The van der Waals surface area contributed by atoms with Gasteiger partial charge in [0.25, 0.3) is 5.91 Å². The van der Waals surface area contributed by atoms with Crippen LogP contribution >= 0.6 is 0 Å². The number of amides is 1. The van der Waals surface area contributed by atoms with Crippen molar-refractivity contribution in [1.82, 2.24) is 14.8 Å². The Labute approximate surface area is 146 Å². The minimum atomic E-state index is -3.18. The maximum Gasteiger partial charge on any atom is 0.276 e. The molecule has 25 heavy (non-hydrogen) atoms. The molecule has 0 N–H and O–H groups in total. The SMILES string of the molecule is Cn1nc2c(c1C(=O)N(CC1CC1)c1cccnc1)CS(=O)(=O)CC2. The van der Waals surface area contributed by atoms with Crippen LogP contribution in [-0.2, 0) is 29.1 Å². The van der Waals surface area contributed by atoms with Gasteiger partial charge in [-0.1, -0.05) is 0 Å². The maximum atomic E-state index is 13.3. The lowest BCUT2D eigenvalue weighted by Crippen LogP contribution is -2.35. The van der Waals surface area contributed by atoms with E-state index in [4.69, 9.17) is 0 Å². The fourth-order valence-electron chi connectivity index (χ4n) is 3.29. The van der Waals surface area contributed by atoms with Crippen molar-refractivity contribution in [2.75, 3.05) is 17.2 Å². The van der Waals surface area contributed by atoms with E-state index in [2.05, 4.69) is 10.1 Å². The second kappa shape index (κ2) is 5.94. The number of sulfone groups is 1. The van der Waals surface area contributed by atoms with Gasteiger partial charge in [-0.15, -0.1) is 0 Å². The Morgan fingerprint density at radius 2 is 2.20 bits per heavy atom. The normalized spacial score (nSPS) is 18.6. The highest BCUT2D eigenvalue weighted by Crippen LogP contribution is 2.33. The lowest BCUT2D eigenvalue weighted by atomic mass is 10.1. The summed E-state index contributed by atoms with van der Waals surface area (Å²) < 4.78 is 25.6. The van der Waals surface area contributed by atoms with Crippen molar-refractivity contribution in [1.29, 1.82) is 0 Å². The molecule has 2 aromatic heterocycles. The Hall–Kier alpha value is -2.22. The zero-order chi connectivity index (χ0) is 17.6. The van der Waals surface area contributed by atoms with E-state index in [9.17, 15) is 13.2 Å². The van der Waals surface area contributed by atoms with Crippen LogP contribution in [0, 0.1) is 5.92 Å². The van der Waals surface area contributed by atoms with Crippen molar-refractivity contribution in [3.05, 3.63) is 41.5 Å². The molecule has 0 spiro atoms. The van der Waals surface area contributed by atoms with Crippen molar-refractivity contribution in [2.45, 2.75) is 25.0 Å². The quantitative estimate of drug-likeness (QED) is 0.821. The molecule has 0 unspecified atom stereocenters. The largest absolute Gasteiger partial charge is 0.305 e. The molecular formula is C17H20N4O3S. The Morgan fingerprint density at radius 1 is 1.40 bits per heavy atom. The fraction of sp³-hybridized carbons (Fsp3) is 0.471. The van der Waals surface area contributed by atoms with Crippen LogP contribution in [0.5, 0.6) is 0 Å². The third kappa shape index (κ3) is 3.18. The van der Waals surface area contributed by atoms with Gasteiger partial charge in [-0.2, -0.15) is 5.10 Å². The molecule has 3 heterocycles. The summed E-state index contributed by atoms with van der Waals surface area (Å²) in [6.07, 6.45) is 5.93. The molecule has 4 rings (SSSR count). The van der Waals surface area contributed by atoms with E-state index in [0.717, 1.165) is 24.2 Å². The highest BCUT2D eigenvalue weighted by atomic mass is 32.2. The van der Waals surface area contributed by atoms with E-state index in [1.807, 2.05) is 6.07 Å². The van der Waals surface area contributed by atoms with Crippen LogP contribution in [0.15, 0.2) is 24.5 Å². The van der Waals surface area contributed by atoms with Gasteiger partial charge in [0.1, 0.15) is 5.69 Å². The van der Waals surface area contributed by atoms with Gasteiger partial charge in [-0.05, 0) is 30.9 Å². The van der Waals surface area contributed by atoms with Crippen molar-refractivity contribution < 1.29 is 13.2 Å². The Kier molecular flexibility index (Phi) is 3.87. The van der Waals surface area contributed by atoms with E-state index in [1.54, 1.807) is 30.4 Å². The number of fused-ring (bicyclic) bond motifs is 1. The average Bonchev–Trinajstić information content (AvgIpc) is 3.34. The van der Waals surface area contributed by atoms with E-state index >= 15 is 0 Å². The van der Waals surface area contributed by atoms with E-state index in [1.165, 1.54) is 4.68 Å². The third-order valence-electron chi connectivity index (χ3n) is 4.79. The number of hydrogen-bond acceptors (Lipinski definition) is 5. The molecule has 1 aliphatic carbocycles. The number of anilines is 1. The fourth-order valence-corrected chi connectivity index (χ4v) is 4.69. The molecule has 0 saturated heterocycles. The predicted molar refractivity (Wildman–Crippen MR) is 93.0 cm³/mol. The van der Waals surface area contributed by atoms with E-state index in [0.29, 0.717) is 30.1 Å². The second-order valence-electron chi connectivity index (χ2n) is 6.81. The van der Waals surface area contributed by atoms with Crippen molar-refractivity contribution >= 4 is 21.4 Å².